The summed E-state index contributed by atoms with van der Waals surface area (Å²) in [5.74, 6) is 0.357. The second kappa shape index (κ2) is 3.58. The molecule has 1 atom stereocenters. The molecule has 0 saturated carbocycles. The summed E-state index contributed by atoms with van der Waals surface area (Å²) in [6, 6.07) is 7.17. The molecule has 1 rings (SSSR count). The average molecular weight is 248 g/mol. The summed E-state index contributed by atoms with van der Waals surface area (Å²) in [5.41, 5.74) is 0. The quantitative estimate of drug-likeness (QED) is 0.858. The third-order valence-corrected chi connectivity index (χ3v) is 4.43. The smallest absolute Gasteiger partial charge is 0.0734 e. The lowest BCUT2D eigenvalue weighted by Gasteiger charge is -2.05. The number of nitrogens with one attached hydrogen (secondary N) is 1. The van der Waals surface area contributed by atoms with E-state index in [4.69, 9.17) is 4.78 Å². The van der Waals surface area contributed by atoms with Crippen LogP contribution in [-0.2, 0) is 9.73 Å². The van der Waals surface area contributed by atoms with Crippen LogP contribution in [0.1, 0.15) is 6.92 Å². The van der Waals surface area contributed by atoms with Gasteiger partial charge in [-0.1, -0.05) is 19.1 Å². The van der Waals surface area contributed by atoms with Crippen molar-refractivity contribution in [2.45, 2.75) is 11.8 Å². The van der Waals surface area contributed by atoms with Gasteiger partial charge in [0.2, 0.25) is 0 Å². The van der Waals surface area contributed by atoms with Crippen LogP contribution in [0.3, 0.4) is 0 Å². The summed E-state index contributed by atoms with van der Waals surface area (Å²) >= 11 is 3.27. The molecule has 0 aliphatic heterocycles. The van der Waals surface area contributed by atoms with E-state index in [1.807, 2.05) is 6.07 Å². The van der Waals surface area contributed by atoms with Crippen LogP contribution in [0.15, 0.2) is 33.6 Å². The Balaban J connectivity index is 3.30. The molecule has 0 unspecified atom stereocenters. The molecule has 1 N–H and O–H groups in total. The molecule has 1 aromatic carbocycles. The summed E-state index contributed by atoms with van der Waals surface area (Å²) in [7, 11) is -2.58. The maximum absolute atomic E-state index is 11.6. The molecule has 2 nitrogen and oxygen atoms in total. The van der Waals surface area contributed by atoms with Crippen LogP contribution in [-0.4, -0.2) is 9.96 Å². The first-order valence-corrected chi connectivity index (χ1v) is 6.11. The molecule has 0 fully saturated rings. The molecule has 0 heterocycles. The fourth-order valence-electron chi connectivity index (χ4n) is 0.868. The zero-order chi connectivity index (χ0) is 9.19. The van der Waals surface area contributed by atoms with Gasteiger partial charge in [-0.2, -0.15) is 0 Å². The van der Waals surface area contributed by atoms with Crippen molar-refractivity contribution in [1.82, 2.24) is 0 Å². The third-order valence-electron chi connectivity index (χ3n) is 1.60. The van der Waals surface area contributed by atoms with E-state index in [-0.39, 0.29) is 0 Å². The summed E-state index contributed by atoms with van der Waals surface area (Å²) in [4.78, 5) is 0.590. The second-order valence-electron chi connectivity index (χ2n) is 2.39. The minimum Gasteiger partial charge on any atom is -0.249 e. The number of hydrogen-bond acceptors (Lipinski definition) is 2. The highest BCUT2D eigenvalue weighted by Crippen LogP contribution is 2.22. The summed E-state index contributed by atoms with van der Waals surface area (Å²) in [6.45, 7) is 1.76. The van der Waals surface area contributed by atoms with Crippen molar-refractivity contribution in [1.29, 1.82) is 4.78 Å². The fourth-order valence-corrected chi connectivity index (χ4v) is 2.93. The first kappa shape index (κ1) is 9.74. The molecule has 0 radical (unpaired) electrons. The molecule has 0 aliphatic carbocycles. The zero-order valence-corrected chi connectivity index (χ0v) is 9.11. The first-order chi connectivity index (χ1) is 5.58. The van der Waals surface area contributed by atoms with Crippen LogP contribution in [0, 0.1) is 4.78 Å². The maximum atomic E-state index is 11.6. The molecule has 0 spiro atoms. The average Bonchev–Trinajstić information content (AvgIpc) is 2.05. The molecular formula is C8H10BrNOS. The van der Waals surface area contributed by atoms with E-state index in [1.165, 1.54) is 0 Å². The Morgan fingerprint density at radius 2 is 2.08 bits per heavy atom. The van der Waals surface area contributed by atoms with Gasteiger partial charge in [-0.25, -0.2) is 8.99 Å². The largest absolute Gasteiger partial charge is 0.249 e. The topological polar surface area (TPSA) is 40.9 Å². The Bertz CT molecular complexity index is 372. The number of halogens is 1. The van der Waals surface area contributed by atoms with Crippen molar-refractivity contribution in [2.24, 2.45) is 0 Å². The van der Waals surface area contributed by atoms with Gasteiger partial charge in [-0.05, 0) is 28.1 Å². The van der Waals surface area contributed by atoms with Crippen LogP contribution >= 0.6 is 15.9 Å². The van der Waals surface area contributed by atoms with E-state index in [0.717, 1.165) is 4.47 Å². The van der Waals surface area contributed by atoms with Gasteiger partial charge in [0, 0.05) is 10.2 Å². The molecular weight excluding hydrogens is 238 g/mol. The van der Waals surface area contributed by atoms with Gasteiger partial charge in [-0.3, -0.25) is 0 Å². The number of rotatable bonds is 2. The van der Waals surface area contributed by atoms with Gasteiger partial charge in [0.1, 0.15) is 0 Å². The van der Waals surface area contributed by atoms with Gasteiger partial charge < -0.3 is 0 Å². The van der Waals surface area contributed by atoms with E-state index in [1.54, 1.807) is 25.1 Å². The minimum atomic E-state index is -2.58. The van der Waals surface area contributed by atoms with Crippen molar-refractivity contribution < 1.29 is 4.21 Å². The highest BCUT2D eigenvalue weighted by Gasteiger charge is 2.09. The van der Waals surface area contributed by atoms with E-state index >= 15 is 0 Å². The lowest BCUT2D eigenvalue weighted by atomic mass is 10.4. The van der Waals surface area contributed by atoms with Crippen LogP contribution in [0.4, 0.5) is 0 Å². The summed E-state index contributed by atoms with van der Waals surface area (Å²) < 4.78 is 19.9. The highest BCUT2D eigenvalue weighted by atomic mass is 79.9. The molecule has 0 bridgehead atoms. The van der Waals surface area contributed by atoms with Gasteiger partial charge in [-0.15, -0.1) is 0 Å². The lowest BCUT2D eigenvalue weighted by molar-refractivity contribution is 0.675. The maximum Gasteiger partial charge on any atom is 0.0734 e. The normalized spacial score (nSPS) is 15.5. The second-order valence-corrected chi connectivity index (χ2v) is 5.62. The Kier molecular flexibility index (Phi) is 2.90. The number of hydrogen-bond donors (Lipinski definition) is 1. The molecule has 1 aromatic rings. The SMILES string of the molecule is CC[S@](=N)(=O)c1ccccc1Br. The number of benzene rings is 1. The van der Waals surface area contributed by atoms with Crippen molar-refractivity contribution in [3.63, 3.8) is 0 Å². The summed E-state index contributed by atoms with van der Waals surface area (Å²) in [6.07, 6.45) is 0. The van der Waals surface area contributed by atoms with Gasteiger partial charge in [0.25, 0.3) is 0 Å². The molecule has 4 heteroatoms. The molecule has 12 heavy (non-hydrogen) atoms. The van der Waals surface area contributed by atoms with Crippen molar-refractivity contribution in [2.75, 3.05) is 5.75 Å². The van der Waals surface area contributed by atoms with Crippen LogP contribution in [0.25, 0.3) is 0 Å². The molecule has 66 valence electrons. The van der Waals surface area contributed by atoms with Crippen molar-refractivity contribution in [3.05, 3.63) is 28.7 Å². The van der Waals surface area contributed by atoms with Gasteiger partial charge in [0.05, 0.1) is 14.6 Å². The molecule has 0 amide bonds. The van der Waals surface area contributed by atoms with Crippen molar-refractivity contribution >= 4 is 25.7 Å². The van der Waals surface area contributed by atoms with E-state index in [0.29, 0.717) is 10.6 Å². The Hall–Kier alpha value is -0.350. The highest BCUT2D eigenvalue weighted by molar-refractivity contribution is 9.10. The van der Waals surface area contributed by atoms with Gasteiger partial charge >= 0.3 is 0 Å². The molecule has 0 aromatic heterocycles. The third kappa shape index (κ3) is 1.87. The van der Waals surface area contributed by atoms with Crippen LogP contribution in [0.5, 0.6) is 0 Å². The standard InChI is InChI=1S/C8H10BrNOS/c1-2-12(10,11)8-6-4-3-5-7(8)9/h3-6,10H,2H2,1H3/t12-/m0/s1. The van der Waals surface area contributed by atoms with Crippen molar-refractivity contribution in [3.8, 4) is 0 Å². The zero-order valence-electron chi connectivity index (χ0n) is 6.71. The predicted molar refractivity (Wildman–Crippen MR) is 53.8 cm³/mol. The van der Waals surface area contributed by atoms with E-state index < -0.39 is 9.73 Å². The monoisotopic (exact) mass is 247 g/mol. The summed E-state index contributed by atoms with van der Waals surface area (Å²) in [5, 5.41) is 0. The minimum absolute atomic E-state index is 0.357. The van der Waals surface area contributed by atoms with E-state index in [2.05, 4.69) is 15.9 Å². The Morgan fingerprint density at radius 1 is 1.50 bits per heavy atom. The lowest BCUT2D eigenvalue weighted by Crippen LogP contribution is -2.01. The van der Waals surface area contributed by atoms with E-state index in [9.17, 15) is 4.21 Å². The Labute approximate surface area is 81.1 Å². The van der Waals surface area contributed by atoms with Gasteiger partial charge in [0.15, 0.2) is 0 Å². The Morgan fingerprint density at radius 3 is 2.58 bits per heavy atom. The predicted octanol–water partition coefficient (Wildman–Crippen LogP) is 2.87. The first-order valence-electron chi connectivity index (χ1n) is 3.59. The molecule has 0 aliphatic rings. The van der Waals surface area contributed by atoms with Crippen LogP contribution < -0.4 is 0 Å². The molecule has 0 saturated heterocycles. The van der Waals surface area contributed by atoms with Crippen LogP contribution in [0.2, 0.25) is 0 Å². The fraction of sp³-hybridized carbons (Fsp3) is 0.250.